The zero-order valence-corrected chi connectivity index (χ0v) is 8.29. The van der Waals surface area contributed by atoms with Gasteiger partial charge in [-0.2, -0.15) is 0 Å². The molecule has 0 aliphatic rings. The number of aromatic nitrogens is 1. The second-order valence-electron chi connectivity index (χ2n) is 3.11. The van der Waals surface area contributed by atoms with Crippen LogP contribution in [0.1, 0.15) is 31.0 Å². The van der Waals surface area contributed by atoms with Crippen LogP contribution >= 0.6 is 0 Å². The standard InChI is InChI=1S/C12H17N/c1-4-7-9-13-10-8-11(5-2)12(13)6-3/h5-6,8,10H,2-4,7,9H2,1H3. The number of hydrogen-bond donors (Lipinski definition) is 0. The lowest BCUT2D eigenvalue weighted by Gasteiger charge is -2.05. The Bertz CT molecular complexity index is 294. The van der Waals surface area contributed by atoms with E-state index in [1.54, 1.807) is 0 Å². The zero-order valence-electron chi connectivity index (χ0n) is 8.29. The molecular weight excluding hydrogens is 158 g/mol. The van der Waals surface area contributed by atoms with Crippen LogP contribution in [0.15, 0.2) is 25.4 Å². The lowest BCUT2D eigenvalue weighted by Crippen LogP contribution is -1.98. The molecule has 1 aromatic heterocycles. The van der Waals surface area contributed by atoms with Crippen molar-refractivity contribution in [2.75, 3.05) is 0 Å². The van der Waals surface area contributed by atoms with E-state index in [-0.39, 0.29) is 0 Å². The van der Waals surface area contributed by atoms with Gasteiger partial charge in [-0.3, -0.25) is 0 Å². The third-order valence-electron chi connectivity index (χ3n) is 2.21. The minimum absolute atomic E-state index is 1.08. The van der Waals surface area contributed by atoms with Gasteiger partial charge in [0.05, 0.1) is 0 Å². The molecule has 0 aliphatic carbocycles. The highest BCUT2D eigenvalue weighted by atomic mass is 15.0. The monoisotopic (exact) mass is 175 g/mol. The molecule has 1 heterocycles. The quantitative estimate of drug-likeness (QED) is 0.644. The van der Waals surface area contributed by atoms with E-state index in [2.05, 4.69) is 36.9 Å². The molecule has 0 amide bonds. The Balaban J connectivity index is 2.87. The Hall–Kier alpha value is -1.24. The maximum Gasteiger partial charge on any atom is 0.0474 e. The summed E-state index contributed by atoms with van der Waals surface area (Å²) in [6.07, 6.45) is 8.31. The van der Waals surface area contributed by atoms with Crippen molar-refractivity contribution in [3.05, 3.63) is 36.7 Å². The summed E-state index contributed by atoms with van der Waals surface area (Å²) in [6, 6.07) is 2.08. The van der Waals surface area contributed by atoms with Crippen molar-refractivity contribution >= 4 is 12.2 Å². The van der Waals surface area contributed by atoms with Crippen LogP contribution in [-0.4, -0.2) is 4.57 Å². The molecule has 0 spiro atoms. The molecule has 70 valence electrons. The van der Waals surface area contributed by atoms with Gasteiger partial charge in [0.25, 0.3) is 0 Å². The predicted octanol–water partition coefficient (Wildman–Crippen LogP) is 3.57. The number of nitrogens with zero attached hydrogens (tertiary/aromatic N) is 1. The summed E-state index contributed by atoms with van der Waals surface area (Å²) in [5, 5.41) is 0. The van der Waals surface area contributed by atoms with E-state index in [0.717, 1.165) is 6.54 Å². The second-order valence-corrected chi connectivity index (χ2v) is 3.11. The minimum atomic E-state index is 1.08. The van der Waals surface area contributed by atoms with Crippen molar-refractivity contribution in [2.24, 2.45) is 0 Å². The van der Waals surface area contributed by atoms with Crippen LogP contribution in [0.4, 0.5) is 0 Å². The summed E-state index contributed by atoms with van der Waals surface area (Å²) in [5.74, 6) is 0. The molecule has 0 N–H and O–H groups in total. The molecule has 1 nitrogen and oxygen atoms in total. The fraction of sp³-hybridized carbons (Fsp3) is 0.333. The molecule has 0 atom stereocenters. The first-order valence-electron chi connectivity index (χ1n) is 4.77. The Labute approximate surface area is 80.4 Å². The Morgan fingerprint density at radius 1 is 1.38 bits per heavy atom. The van der Waals surface area contributed by atoms with E-state index in [4.69, 9.17) is 0 Å². The lowest BCUT2D eigenvalue weighted by molar-refractivity contribution is 0.631. The van der Waals surface area contributed by atoms with Gasteiger partial charge in [0.1, 0.15) is 0 Å². The largest absolute Gasteiger partial charge is 0.347 e. The smallest absolute Gasteiger partial charge is 0.0474 e. The predicted molar refractivity (Wildman–Crippen MR) is 59.5 cm³/mol. The SMILES string of the molecule is C=Cc1ccn(CCCC)c1C=C. The van der Waals surface area contributed by atoms with Crippen LogP contribution in [0, 0.1) is 0 Å². The number of unbranched alkanes of at least 4 members (excludes halogenated alkanes) is 1. The molecule has 0 bridgehead atoms. The third-order valence-corrected chi connectivity index (χ3v) is 2.21. The molecule has 0 saturated heterocycles. The molecule has 0 aromatic carbocycles. The van der Waals surface area contributed by atoms with Crippen molar-refractivity contribution in [1.82, 2.24) is 4.57 Å². The Morgan fingerprint density at radius 3 is 2.69 bits per heavy atom. The van der Waals surface area contributed by atoms with E-state index in [1.165, 1.54) is 24.1 Å². The van der Waals surface area contributed by atoms with E-state index >= 15 is 0 Å². The third kappa shape index (κ3) is 2.11. The van der Waals surface area contributed by atoms with Crippen LogP contribution in [0.2, 0.25) is 0 Å². The molecule has 1 aromatic rings. The van der Waals surface area contributed by atoms with Crippen LogP contribution in [0.25, 0.3) is 12.2 Å². The zero-order chi connectivity index (χ0) is 9.68. The fourth-order valence-electron chi connectivity index (χ4n) is 1.43. The normalized spacial score (nSPS) is 9.92. The van der Waals surface area contributed by atoms with Crippen molar-refractivity contribution in [1.29, 1.82) is 0 Å². The first-order chi connectivity index (χ1) is 6.33. The van der Waals surface area contributed by atoms with E-state index in [9.17, 15) is 0 Å². The average Bonchev–Trinajstić information content (AvgIpc) is 2.56. The first kappa shape index (κ1) is 9.85. The molecule has 0 fully saturated rings. The molecule has 1 rings (SSSR count). The lowest BCUT2D eigenvalue weighted by atomic mass is 10.2. The molecule has 1 heteroatoms. The molecule has 13 heavy (non-hydrogen) atoms. The van der Waals surface area contributed by atoms with Gasteiger partial charge in [-0.15, -0.1) is 0 Å². The Kier molecular flexibility index (Phi) is 3.56. The van der Waals surface area contributed by atoms with Gasteiger partial charge in [-0.25, -0.2) is 0 Å². The number of aryl methyl sites for hydroxylation is 1. The summed E-state index contributed by atoms with van der Waals surface area (Å²) in [5.41, 5.74) is 2.36. The van der Waals surface area contributed by atoms with Gasteiger partial charge < -0.3 is 4.57 Å². The van der Waals surface area contributed by atoms with Crippen molar-refractivity contribution in [3.8, 4) is 0 Å². The summed E-state index contributed by atoms with van der Waals surface area (Å²) in [6.45, 7) is 10.9. The maximum absolute atomic E-state index is 3.81. The summed E-state index contributed by atoms with van der Waals surface area (Å²) < 4.78 is 2.23. The van der Waals surface area contributed by atoms with Crippen LogP contribution in [0.3, 0.4) is 0 Å². The van der Waals surface area contributed by atoms with Crippen LogP contribution in [-0.2, 0) is 6.54 Å². The topological polar surface area (TPSA) is 4.93 Å². The van der Waals surface area contributed by atoms with Crippen molar-refractivity contribution in [3.63, 3.8) is 0 Å². The highest BCUT2D eigenvalue weighted by Gasteiger charge is 2.01. The van der Waals surface area contributed by atoms with Crippen molar-refractivity contribution in [2.45, 2.75) is 26.3 Å². The highest BCUT2D eigenvalue weighted by molar-refractivity contribution is 5.61. The van der Waals surface area contributed by atoms with Crippen molar-refractivity contribution < 1.29 is 0 Å². The van der Waals surface area contributed by atoms with E-state index < -0.39 is 0 Å². The first-order valence-corrected chi connectivity index (χ1v) is 4.77. The fourth-order valence-corrected chi connectivity index (χ4v) is 1.43. The molecule has 0 aliphatic heterocycles. The Morgan fingerprint density at radius 2 is 2.15 bits per heavy atom. The summed E-state index contributed by atoms with van der Waals surface area (Å²) in [4.78, 5) is 0. The molecular formula is C12H17N. The maximum atomic E-state index is 3.81. The highest BCUT2D eigenvalue weighted by Crippen LogP contribution is 2.14. The van der Waals surface area contributed by atoms with Gasteiger partial charge >= 0.3 is 0 Å². The van der Waals surface area contributed by atoms with Gasteiger partial charge in [-0.05, 0) is 24.1 Å². The van der Waals surface area contributed by atoms with E-state index in [1.807, 2.05) is 12.2 Å². The summed E-state index contributed by atoms with van der Waals surface area (Å²) in [7, 11) is 0. The summed E-state index contributed by atoms with van der Waals surface area (Å²) >= 11 is 0. The average molecular weight is 175 g/mol. The van der Waals surface area contributed by atoms with Crippen LogP contribution < -0.4 is 0 Å². The molecule has 0 radical (unpaired) electrons. The number of hydrogen-bond acceptors (Lipinski definition) is 0. The second kappa shape index (κ2) is 4.70. The molecule has 0 saturated carbocycles. The molecule has 0 unspecified atom stereocenters. The van der Waals surface area contributed by atoms with Crippen LogP contribution in [0.5, 0.6) is 0 Å². The van der Waals surface area contributed by atoms with Gasteiger partial charge in [0, 0.05) is 18.4 Å². The van der Waals surface area contributed by atoms with Gasteiger partial charge in [0.15, 0.2) is 0 Å². The van der Waals surface area contributed by atoms with Gasteiger partial charge in [-0.1, -0.05) is 32.6 Å². The number of rotatable bonds is 5. The minimum Gasteiger partial charge on any atom is -0.347 e. The van der Waals surface area contributed by atoms with Gasteiger partial charge in [0.2, 0.25) is 0 Å². The van der Waals surface area contributed by atoms with E-state index in [0.29, 0.717) is 0 Å².